The molecule has 0 spiro atoms. The predicted octanol–water partition coefficient (Wildman–Crippen LogP) is 1.13. The molecular weight excluding hydrogens is 294 g/mol. The highest BCUT2D eigenvalue weighted by atomic mass is 16.1. The molecular formula is C15H17N7O. The molecule has 0 radical (unpaired) electrons. The minimum absolute atomic E-state index is 0.0200. The third-order valence-corrected chi connectivity index (χ3v) is 3.49. The fourth-order valence-corrected chi connectivity index (χ4v) is 2.22. The van der Waals surface area contributed by atoms with Crippen LogP contribution in [0.25, 0.3) is 5.69 Å². The molecule has 2 aromatic heterocycles. The maximum atomic E-state index is 12.0. The third-order valence-electron chi connectivity index (χ3n) is 3.49. The zero-order valence-corrected chi connectivity index (χ0v) is 12.7. The molecule has 8 heteroatoms. The molecule has 0 bridgehead atoms. The van der Waals surface area contributed by atoms with Crippen LogP contribution in [0.15, 0.2) is 49.6 Å². The van der Waals surface area contributed by atoms with Gasteiger partial charge in [0.25, 0.3) is 0 Å². The fraction of sp³-hybridized carbons (Fsp3) is 0.267. The molecule has 118 valence electrons. The fourth-order valence-electron chi connectivity index (χ4n) is 2.22. The molecule has 2 heterocycles. The lowest BCUT2D eigenvalue weighted by molar-refractivity contribution is -0.122. The summed E-state index contributed by atoms with van der Waals surface area (Å²) in [6.45, 7) is 2.47. The Labute approximate surface area is 133 Å². The first-order chi connectivity index (χ1) is 11.2. The van der Waals surface area contributed by atoms with E-state index >= 15 is 0 Å². The van der Waals surface area contributed by atoms with Crippen molar-refractivity contribution < 1.29 is 4.79 Å². The van der Waals surface area contributed by atoms with Gasteiger partial charge in [0.15, 0.2) is 0 Å². The molecule has 3 aromatic rings. The van der Waals surface area contributed by atoms with E-state index in [4.69, 9.17) is 0 Å². The number of rotatable bonds is 6. The van der Waals surface area contributed by atoms with Crippen molar-refractivity contribution >= 4 is 5.91 Å². The van der Waals surface area contributed by atoms with Gasteiger partial charge in [-0.2, -0.15) is 10.2 Å². The third kappa shape index (κ3) is 3.79. The van der Waals surface area contributed by atoms with Crippen molar-refractivity contribution in [1.82, 2.24) is 34.8 Å². The number of nitrogens with zero attached hydrogens (tertiary/aromatic N) is 6. The van der Waals surface area contributed by atoms with E-state index < -0.39 is 0 Å². The number of carbonyl (C=O) groups is 1. The van der Waals surface area contributed by atoms with E-state index in [9.17, 15) is 4.79 Å². The normalized spacial score (nSPS) is 12.0. The largest absolute Gasteiger partial charge is 0.350 e. The number of amides is 1. The summed E-state index contributed by atoms with van der Waals surface area (Å²) in [6.07, 6.45) is 6.55. The second-order valence-corrected chi connectivity index (χ2v) is 5.13. The zero-order valence-electron chi connectivity index (χ0n) is 12.7. The number of aromatic nitrogens is 6. The van der Waals surface area contributed by atoms with Crippen molar-refractivity contribution in [3.05, 3.63) is 55.1 Å². The first kappa shape index (κ1) is 14.9. The van der Waals surface area contributed by atoms with Crippen LogP contribution in [0.3, 0.4) is 0 Å². The predicted molar refractivity (Wildman–Crippen MR) is 82.6 cm³/mol. The van der Waals surface area contributed by atoms with E-state index in [1.807, 2.05) is 31.2 Å². The first-order valence-corrected chi connectivity index (χ1v) is 7.29. The maximum Gasteiger partial charge on any atom is 0.222 e. The number of hydrogen-bond acceptors (Lipinski definition) is 5. The molecule has 0 unspecified atom stereocenters. The first-order valence-electron chi connectivity index (χ1n) is 7.29. The van der Waals surface area contributed by atoms with E-state index in [1.54, 1.807) is 22.0 Å². The average molecular weight is 311 g/mol. The van der Waals surface area contributed by atoms with Crippen LogP contribution in [-0.2, 0) is 11.3 Å². The van der Waals surface area contributed by atoms with Crippen LogP contribution in [0.1, 0.15) is 24.9 Å². The van der Waals surface area contributed by atoms with Crippen LogP contribution in [-0.4, -0.2) is 35.4 Å². The van der Waals surface area contributed by atoms with Crippen molar-refractivity contribution in [2.24, 2.45) is 0 Å². The van der Waals surface area contributed by atoms with Gasteiger partial charge in [0.1, 0.15) is 25.3 Å². The summed E-state index contributed by atoms with van der Waals surface area (Å²) in [7, 11) is 0. The number of nitrogens with one attached hydrogen (secondary N) is 1. The van der Waals surface area contributed by atoms with Gasteiger partial charge < -0.3 is 5.32 Å². The van der Waals surface area contributed by atoms with Gasteiger partial charge in [-0.05, 0) is 24.6 Å². The summed E-state index contributed by atoms with van der Waals surface area (Å²) in [5, 5.41) is 11.0. The standard InChI is InChI=1S/C15H17N7O/c1-12(20-15(23)6-7-21-10-16-8-18-21)13-2-4-14(5-3-13)22-11-17-9-19-22/h2-5,8-12H,6-7H2,1H3,(H,20,23)/t12-/m0/s1. The van der Waals surface area contributed by atoms with Crippen molar-refractivity contribution in [2.75, 3.05) is 0 Å². The summed E-state index contributed by atoms with van der Waals surface area (Å²) >= 11 is 0. The Morgan fingerprint density at radius 2 is 1.87 bits per heavy atom. The van der Waals surface area contributed by atoms with Crippen LogP contribution in [0, 0.1) is 0 Å². The topological polar surface area (TPSA) is 90.5 Å². The molecule has 23 heavy (non-hydrogen) atoms. The Morgan fingerprint density at radius 1 is 1.13 bits per heavy atom. The highest BCUT2D eigenvalue weighted by Crippen LogP contribution is 2.15. The van der Waals surface area contributed by atoms with E-state index in [2.05, 4.69) is 25.5 Å². The van der Waals surface area contributed by atoms with Gasteiger partial charge in [-0.15, -0.1) is 0 Å². The smallest absolute Gasteiger partial charge is 0.222 e. The molecule has 1 atom stereocenters. The molecule has 8 nitrogen and oxygen atoms in total. The Hall–Kier alpha value is -3.03. The quantitative estimate of drug-likeness (QED) is 0.737. The Kier molecular flexibility index (Phi) is 4.41. The highest BCUT2D eigenvalue weighted by Gasteiger charge is 2.10. The van der Waals surface area contributed by atoms with Gasteiger partial charge in [0.05, 0.1) is 18.3 Å². The second kappa shape index (κ2) is 6.82. The van der Waals surface area contributed by atoms with Crippen LogP contribution in [0.2, 0.25) is 0 Å². The Bertz CT molecular complexity index is 735. The van der Waals surface area contributed by atoms with Crippen molar-refractivity contribution in [2.45, 2.75) is 25.9 Å². The average Bonchev–Trinajstić information content (AvgIpc) is 3.26. The van der Waals surface area contributed by atoms with Gasteiger partial charge in [-0.1, -0.05) is 12.1 Å². The second-order valence-electron chi connectivity index (χ2n) is 5.13. The molecule has 1 N–H and O–H groups in total. The van der Waals surface area contributed by atoms with Gasteiger partial charge in [-0.3, -0.25) is 9.48 Å². The molecule has 0 fully saturated rings. The number of hydrogen-bond donors (Lipinski definition) is 1. The molecule has 0 saturated heterocycles. The number of carbonyl (C=O) groups excluding carboxylic acids is 1. The van der Waals surface area contributed by atoms with Crippen LogP contribution in [0.4, 0.5) is 0 Å². The number of aryl methyl sites for hydroxylation is 1. The molecule has 0 aliphatic heterocycles. The highest BCUT2D eigenvalue weighted by molar-refractivity contribution is 5.76. The lowest BCUT2D eigenvalue weighted by atomic mass is 10.1. The van der Waals surface area contributed by atoms with Crippen LogP contribution in [0.5, 0.6) is 0 Å². The lowest BCUT2D eigenvalue weighted by Crippen LogP contribution is -2.27. The summed E-state index contributed by atoms with van der Waals surface area (Å²) in [6, 6.07) is 7.77. The summed E-state index contributed by atoms with van der Waals surface area (Å²) in [5.74, 6) is -0.0200. The molecule has 3 rings (SSSR count). The summed E-state index contributed by atoms with van der Waals surface area (Å²) in [4.78, 5) is 19.7. The molecule has 1 amide bonds. The van der Waals surface area contributed by atoms with Crippen molar-refractivity contribution in [3.63, 3.8) is 0 Å². The van der Waals surface area contributed by atoms with Gasteiger partial charge in [-0.25, -0.2) is 14.6 Å². The van der Waals surface area contributed by atoms with Crippen LogP contribution < -0.4 is 5.32 Å². The van der Waals surface area contributed by atoms with Gasteiger partial charge in [0, 0.05) is 6.42 Å². The van der Waals surface area contributed by atoms with E-state index in [0.717, 1.165) is 11.3 Å². The van der Waals surface area contributed by atoms with E-state index in [1.165, 1.54) is 12.7 Å². The molecule has 0 aliphatic rings. The van der Waals surface area contributed by atoms with Crippen molar-refractivity contribution in [1.29, 1.82) is 0 Å². The molecule has 0 aliphatic carbocycles. The lowest BCUT2D eigenvalue weighted by Gasteiger charge is -2.15. The molecule has 1 aromatic carbocycles. The maximum absolute atomic E-state index is 12.0. The minimum atomic E-state index is -0.0666. The minimum Gasteiger partial charge on any atom is -0.350 e. The van der Waals surface area contributed by atoms with E-state index in [0.29, 0.717) is 13.0 Å². The summed E-state index contributed by atoms with van der Waals surface area (Å²) in [5.41, 5.74) is 1.96. The Morgan fingerprint density at radius 3 is 2.52 bits per heavy atom. The van der Waals surface area contributed by atoms with Crippen LogP contribution >= 0.6 is 0 Å². The van der Waals surface area contributed by atoms with Crippen molar-refractivity contribution in [3.8, 4) is 5.69 Å². The van der Waals surface area contributed by atoms with Gasteiger partial charge >= 0.3 is 0 Å². The SMILES string of the molecule is C[C@H](NC(=O)CCn1cncn1)c1ccc(-n2cncn2)cc1. The van der Waals surface area contributed by atoms with E-state index in [-0.39, 0.29) is 11.9 Å². The number of benzene rings is 1. The summed E-state index contributed by atoms with van der Waals surface area (Å²) < 4.78 is 3.32. The van der Waals surface area contributed by atoms with Gasteiger partial charge in [0.2, 0.25) is 5.91 Å². The zero-order chi connectivity index (χ0) is 16.1. The Balaban J connectivity index is 1.55. The molecule has 0 saturated carbocycles. The monoisotopic (exact) mass is 311 g/mol.